The molecule has 18 rings (SSSR count). The van der Waals surface area contributed by atoms with E-state index in [4.69, 9.17) is 0 Å². The highest BCUT2D eigenvalue weighted by molar-refractivity contribution is 7.04. The van der Waals surface area contributed by atoms with Crippen LogP contribution in [0.1, 0.15) is 0 Å². The summed E-state index contributed by atoms with van der Waals surface area (Å²) in [6.45, 7) is 0. The van der Waals surface area contributed by atoms with Gasteiger partial charge in [0, 0.05) is 96.4 Å². The maximum Gasteiger partial charge on any atom is 0.149 e. The number of hydrogen-bond donors (Lipinski definition) is 0. The molecule has 0 aliphatic carbocycles. The Morgan fingerprint density at radius 3 is 0.667 bits per heavy atom. The number of anilines is 18. The number of hydrogen-bond acceptors (Lipinski definition) is 6. The van der Waals surface area contributed by atoms with Crippen molar-refractivity contribution in [2.24, 2.45) is 0 Å². The van der Waals surface area contributed by atoms with Crippen LogP contribution >= 0.6 is 0 Å². The fourth-order valence-electron chi connectivity index (χ4n) is 14.6. The maximum atomic E-state index is 2.68. The summed E-state index contributed by atoms with van der Waals surface area (Å²) in [5.74, 6) is 0. The molecule has 6 aliphatic heterocycles. The van der Waals surface area contributed by atoms with Crippen molar-refractivity contribution in [1.29, 1.82) is 0 Å². The van der Waals surface area contributed by atoms with E-state index in [2.05, 4.69) is 296 Å². The highest BCUT2D eigenvalue weighted by atomic mass is 28.3. The Balaban J connectivity index is 1.05. The Kier molecular flexibility index (Phi) is 8.61. The van der Waals surface area contributed by atoms with Crippen LogP contribution in [-0.4, -0.2) is 17.6 Å². The smallest absolute Gasteiger partial charge is 0.149 e. The molecule has 0 amide bonds. The van der Waals surface area contributed by atoms with E-state index in [0.29, 0.717) is 0 Å². The van der Waals surface area contributed by atoms with Crippen LogP contribution in [0.3, 0.4) is 0 Å². The normalized spacial score (nSPS) is 16.1. The molecule has 0 fully saturated rings. The number of benzene rings is 12. The largest absolute Gasteiger partial charge is 0.311 e. The van der Waals surface area contributed by atoms with Crippen LogP contribution in [0.4, 0.5) is 102 Å². The first-order chi connectivity index (χ1) is 38.8. The minimum absolute atomic E-state index is 1.15. The molecule has 6 aliphatic rings. The van der Waals surface area contributed by atoms with Crippen LogP contribution in [0, 0.1) is 0 Å². The van der Waals surface area contributed by atoms with Crippen LogP contribution in [0.25, 0.3) is 10.8 Å². The zero-order valence-corrected chi connectivity index (χ0v) is 44.6. The average Bonchev–Trinajstić information content (AvgIpc) is 2.23. The Morgan fingerprint density at radius 1 is 0.192 bits per heavy atom. The summed E-state index contributed by atoms with van der Waals surface area (Å²) in [4.78, 5) is 15.7. The Bertz CT molecular complexity index is 4160. The number of nitrogens with zero attached hydrogens (tertiary/aromatic N) is 6. The monoisotopic (exact) mass is 1030 g/mol. The zero-order valence-electron chi connectivity index (χ0n) is 42.2. The lowest BCUT2D eigenvalue weighted by molar-refractivity contribution is 1.21. The Labute approximate surface area is 455 Å². The lowest BCUT2D eigenvalue weighted by Crippen LogP contribution is -2.65. The molecule has 0 radical (unpaired) electrons. The van der Waals surface area contributed by atoms with Crippen molar-refractivity contribution in [2.45, 2.75) is 0 Å². The first kappa shape index (κ1) is 42.4. The molecule has 8 heteroatoms. The summed E-state index contributed by atoms with van der Waals surface area (Å²) >= 11 is 0. The van der Waals surface area contributed by atoms with Gasteiger partial charge in [0.15, 0.2) is 0 Å². The van der Waals surface area contributed by atoms with E-state index in [-0.39, 0.29) is 0 Å². The second-order valence-electron chi connectivity index (χ2n) is 21.1. The predicted molar refractivity (Wildman–Crippen MR) is 331 cm³/mol. The maximum absolute atomic E-state index is 2.68. The van der Waals surface area contributed by atoms with Gasteiger partial charge >= 0.3 is 0 Å². The lowest BCUT2D eigenvalue weighted by atomic mass is 9.96. The van der Waals surface area contributed by atoms with E-state index >= 15 is 0 Å². The molecule has 0 saturated heterocycles. The molecule has 2 atom stereocenters. The summed E-state index contributed by atoms with van der Waals surface area (Å²) in [6, 6.07) is 100. The van der Waals surface area contributed by atoms with Crippen LogP contribution in [0.5, 0.6) is 0 Å². The number of para-hydroxylation sites is 6. The zero-order chi connectivity index (χ0) is 50.7. The first-order valence-electron chi connectivity index (χ1n) is 27.1. The van der Waals surface area contributed by atoms with Gasteiger partial charge in [-0.25, -0.2) is 0 Å². The molecular formula is C70H46N6Si2. The molecule has 12 aromatic carbocycles. The van der Waals surface area contributed by atoms with Gasteiger partial charge in [0.05, 0.1) is 11.4 Å². The average molecular weight is 1030 g/mol. The van der Waals surface area contributed by atoms with Gasteiger partial charge in [-0.3, -0.25) is 0 Å². The van der Waals surface area contributed by atoms with E-state index in [0.717, 1.165) is 34.1 Å². The van der Waals surface area contributed by atoms with Crippen molar-refractivity contribution in [3.8, 4) is 0 Å². The molecule has 0 saturated carbocycles. The Morgan fingerprint density at radius 2 is 0.410 bits per heavy atom. The van der Waals surface area contributed by atoms with Gasteiger partial charge in [-0.05, 0) is 170 Å². The van der Waals surface area contributed by atoms with Crippen LogP contribution in [0.15, 0.2) is 267 Å². The fraction of sp³-hybridized carbons (Fsp3) is 0. The molecule has 0 spiro atoms. The van der Waals surface area contributed by atoms with E-state index < -0.39 is 17.6 Å². The van der Waals surface area contributed by atoms with Gasteiger partial charge in [-0.15, -0.1) is 0 Å². The molecule has 78 heavy (non-hydrogen) atoms. The third-order valence-electron chi connectivity index (χ3n) is 17.3. The van der Waals surface area contributed by atoms with Crippen molar-refractivity contribution in [1.82, 2.24) is 0 Å². The second kappa shape index (κ2) is 15.8. The summed E-state index contributed by atoms with van der Waals surface area (Å²) in [6.07, 6.45) is 0. The lowest BCUT2D eigenvalue weighted by Gasteiger charge is -2.52. The highest BCUT2D eigenvalue weighted by Gasteiger charge is 2.53. The topological polar surface area (TPSA) is 19.4 Å². The van der Waals surface area contributed by atoms with Gasteiger partial charge in [-0.2, -0.15) is 0 Å². The minimum Gasteiger partial charge on any atom is -0.311 e. The minimum atomic E-state index is -2.34. The molecular weight excluding hydrogens is 981 g/mol. The van der Waals surface area contributed by atoms with E-state index in [1.54, 1.807) is 0 Å². The van der Waals surface area contributed by atoms with Gasteiger partial charge < -0.3 is 29.4 Å². The van der Waals surface area contributed by atoms with Gasteiger partial charge in [0.25, 0.3) is 0 Å². The van der Waals surface area contributed by atoms with Crippen LogP contribution in [0.2, 0.25) is 0 Å². The third-order valence-corrected chi connectivity index (χ3v) is 24.3. The van der Waals surface area contributed by atoms with Crippen molar-refractivity contribution in [3.05, 3.63) is 267 Å². The predicted octanol–water partition coefficient (Wildman–Crippen LogP) is 14.0. The molecule has 2 unspecified atom stereocenters. The van der Waals surface area contributed by atoms with Gasteiger partial charge in [0.2, 0.25) is 0 Å². The van der Waals surface area contributed by atoms with E-state index in [9.17, 15) is 0 Å². The first-order valence-corrected chi connectivity index (χ1v) is 30.6. The van der Waals surface area contributed by atoms with Crippen molar-refractivity contribution < 1.29 is 0 Å². The van der Waals surface area contributed by atoms with Crippen molar-refractivity contribution >= 4 is 162 Å². The van der Waals surface area contributed by atoms with Gasteiger partial charge in [0.1, 0.15) is 17.6 Å². The molecule has 6 nitrogen and oxygen atoms in total. The van der Waals surface area contributed by atoms with E-state index in [1.165, 1.54) is 110 Å². The summed E-state index contributed by atoms with van der Waals surface area (Å²) in [5.41, 5.74) is 22.2. The summed E-state index contributed by atoms with van der Waals surface area (Å²) in [5, 5.41) is 11.3. The molecule has 0 N–H and O–H groups in total. The van der Waals surface area contributed by atoms with E-state index in [1.807, 2.05) is 0 Å². The number of fused-ring (bicyclic) bond motifs is 3. The fourth-order valence-corrected chi connectivity index (χ4v) is 22.6. The number of rotatable bonds is 6. The van der Waals surface area contributed by atoms with Crippen LogP contribution < -0.4 is 60.5 Å². The second-order valence-corrected chi connectivity index (χ2v) is 26.3. The summed E-state index contributed by atoms with van der Waals surface area (Å²) in [7, 11) is -4.69. The van der Waals surface area contributed by atoms with Crippen LogP contribution in [-0.2, 0) is 0 Å². The quantitative estimate of drug-likeness (QED) is 0.154. The molecule has 364 valence electrons. The van der Waals surface area contributed by atoms with Crippen molar-refractivity contribution in [3.63, 3.8) is 0 Å². The van der Waals surface area contributed by atoms with Crippen molar-refractivity contribution in [2.75, 3.05) is 29.4 Å². The Hall–Kier alpha value is -9.87. The summed E-state index contributed by atoms with van der Waals surface area (Å²) < 4.78 is 0. The molecule has 0 bridgehead atoms. The SMILES string of the molecule is c1ccc(N2c3cccc4c3[SiH]3c5c2cccc5N(c2ccccc2)c2c3c(cc3cc5c6c(c23)N(c2ccccc2)c2cccc3c2[SiH]6c2c(cccc2N5c2ccccc2)N3c2ccccc2)N4c2ccccc2)cc1. The standard InChI is InChI=1S/C70H46N6Si2/c1-7-23-46(24-8-1)71-52-35-19-39-56-65(52)77-67-54(71)37-21-41-58(67)75(50-31-15-5-16-32-50)63-62-45(43-60(69(63)77)73(56)48-27-11-3-12-28-48)44-61-70-64(62)76(51-33-17-6-18-34-51)59-42-22-38-55-68(59)78(70)66-53(72(55)47-25-9-2-10-26-47)36-20-40-57(66)74(61)49-29-13-4-14-30-49/h1-44,77-78H. The van der Waals surface area contributed by atoms with Gasteiger partial charge in [-0.1, -0.05) is 133 Å². The molecule has 0 aromatic heterocycles. The molecule has 6 heterocycles. The molecule has 12 aromatic rings. The third kappa shape index (κ3) is 5.49. The highest BCUT2D eigenvalue weighted by Crippen LogP contribution is 2.57.